The molecular formula is C26H34N4. The highest BCUT2D eigenvalue weighted by molar-refractivity contribution is 5.42. The molecule has 30 heavy (non-hydrogen) atoms. The summed E-state index contributed by atoms with van der Waals surface area (Å²) in [6.45, 7) is 11.5. The third-order valence-electron chi connectivity index (χ3n) is 6.54. The fourth-order valence-corrected chi connectivity index (χ4v) is 4.82. The van der Waals surface area contributed by atoms with Crippen molar-refractivity contribution >= 4 is 0 Å². The number of nitrogens with zero attached hydrogens (tertiary/aromatic N) is 2. The molecule has 0 aromatic heterocycles. The molecule has 1 unspecified atom stereocenters. The topological polar surface area (TPSA) is 65.1 Å². The molecule has 0 radical (unpaired) electrons. The number of dihydropyridines is 1. The predicted octanol–water partition coefficient (Wildman–Crippen LogP) is 4.54. The molecule has 0 bridgehead atoms. The van der Waals surface area contributed by atoms with Crippen LogP contribution >= 0.6 is 0 Å². The Kier molecular flexibility index (Phi) is 7.18. The molecule has 1 atom stereocenters. The number of rotatable bonds is 7. The van der Waals surface area contributed by atoms with Gasteiger partial charge in [-0.1, -0.05) is 61.6 Å². The monoisotopic (exact) mass is 402 g/mol. The first kappa shape index (κ1) is 21.9. The Labute approximate surface area is 181 Å². The molecule has 0 spiro atoms. The van der Waals surface area contributed by atoms with Gasteiger partial charge in [0.15, 0.2) is 0 Å². The zero-order chi connectivity index (χ0) is 21.6. The number of likely N-dealkylation sites (tertiary alicyclic amines) is 1. The zero-order valence-electron chi connectivity index (χ0n) is 18.3. The maximum Gasteiger partial charge on any atom is 0.0697 e. The highest BCUT2D eigenvalue weighted by Crippen LogP contribution is 2.46. The van der Waals surface area contributed by atoms with Gasteiger partial charge in [0.25, 0.3) is 0 Å². The van der Waals surface area contributed by atoms with Crippen LogP contribution in [0.2, 0.25) is 0 Å². The van der Waals surface area contributed by atoms with Crippen molar-refractivity contribution in [3.63, 3.8) is 0 Å². The van der Waals surface area contributed by atoms with Crippen molar-refractivity contribution in [2.75, 3.05) is 26.2 Å². The lowest BCUT2D eigenvalue weighted by atomic mass is 9.66. The van der Waals surface area contributed by atoms with Gasteiger partial charge in [-0.15, -0.1) is 0 Å². The van der Waals surface area contributed by atoms with Crippen molar-refractivity contribution in [2.45, 2.75) is 39.0 Å². The average molecular weight is 403 g/mol. The van der Waals surface area contributed by atoms with Crippen LogP contribution in [0.3, 0.4) is 0 Å². The van der Waals surface area contributed by atoms with E-state index in [0.29, 0.717) is 0 Å². The molecule has 3 N–H and O–H groups in total. The number of nitrogens with two attached hydrogens (primary N) is 1. The summed E-state index contributed by atoms with van der Waals surface area (Å²) in [6.07, 6.45) is 10.6. The highest BCUT2D eigenvalue weighted by atomic mass is 15.1. The minimum Gasteiger partial charge on any atom is -0.397 e. The molecule has 0 aliphatic carbocycles. The van der Waals surface area contributed by atoms with Crippen LogP contribution < -0.4 is 11.1 Å². The molecule has 1 aromatic carbocycles. The van der Waals surface area contributed by atoms with E-state index in [-0.39, 0.29) is 11.3 Å². The lowest BCUT2D eigenvalue weighted by molar-refractivity contribution is 0.128. The number of hydrogen-bond acceptors (Lipinski definition) is 4. The van der Waals surface area contributed by atoms with Gasteiger partial charge in [-0.3, -0.25) is 4.90 Å². The van der Waals surface area contributed by atoms with E-state index >= 15 is 0 Å². The second kappa shape index (κ2) is 9.82. The van der Waals surface area contributed by atoms with Crippen LogP contribution in [0.15, 0.2) is 72.1 Å². The zero-order valence-corrected chi connectivity index (χ0v) is 18.3. The number of aryl methyl sites for hydroxylation is 1. The van der Waals surface area contributed by atoms with Gasteiger partial charge >= 0.3 is 0 Å². The number of piperidine rings is 1. The van der Waals surface area contributed by atoms with E-state index in [9.17, 15) is 5.26 Å². The van der Waals surface area contributed by atoms with Gasteiger partial charge in [-0.05, 0) is 43.4 Å². The molecule has 0 amide bonds. The number of hydrogen-bond donors (Lipinski definition) is 2. The fraction of sp³-hybridized carbons (Fsp3) is 0.423. The highest BCUT2D eigenvalue weighted by Gasteiger charge is 2.41. The number of nitriles is 1. The van der Waals surface area contributed by atoms with E-state index in [1.165, 1.54) is 16.7 Å². The lowest BCUT2D eigenvalue weighted by Gasteiger charge is -2.42. The number of allylic oxidation sites excluding steroid dienone is 2. The smallest absolute Gasteiger partial charge is 0.0697 e. The van der Waals surface area contributed by atoms with Gasteiger partial charge < -0.3 is 11.1 Å². The van der Waals surface area contributed by atoms with Crippen LogP contribution in [0, 0.1) is 23.7 Å². The Morgan fingerprint density at radius 3 is 2.63 bits per heavy atom. The Bertz CT molecular complexity index is 875. The third-order valence-corrected chi connectivity index (χ3v) is 6.54. The fourth-order valence-electron chi connectivity index (χ4n) is 4.82. The Balaban J connectivity index is 1.74. The summed E-state index contributed by atoms with van der Waals surface area (Å²) in [6, 6.07) is 11.5. The predicted molar refractivity (Wildman–Crippen MR) is 125 cm³/mol. The van der Waals surface area contributed by atoms with Crippen LogP contribution in [0.1, 0.15) is 43.2 Å². The first-order valence-electron chi connectivity index (χ1n) is 10.9. The maximum absolute atomic E-state index is 10.2. The van der Waals surface area contributed by atoms with Crippen molar-refractivity contribution in [2.24, 2.45) is 11.1 Å². The molecule has 0 saturated carbocycles. The SMILES string of the molecule is C=C/C=C(\N)C1=C(CN2CCC(C#N)(C(CC)c3ccc(C)cc3)CC2)C=CCN1. The van der Waals surface area contributed by atoms with Gasteiger partial charge in [0.1, 0.15) is 0 Å². The summed E-state index contributed by atoms with van der Waals surface area (Å²) in [5, 5.41) is 13.6. The first-order valence-corrected chi connectivity index (χ1v) is 10.9. The summed E-state index contributed by atoms with van der Waals surface area (Å²) in [5.74, 6) is 0.280. The molecule has 4 heteroatoms. The van der Waals surface area contributed by atoms with Crippen LogP contribution in [0.4, 0.5) is 0 Å². The van der Waals surface area contributed by atoms with Gasteiger partial charge in [0.05, 0.1) is 22.9 Å². The molecule has 2 aliphatic heterocycles. The van der Waals surface area contributed by atoms with E-state index in [1.807, 2.05) is 6.08 Å². The van der Waals surface area contributed by atoms with E-state index in [2.05, 4.69) is 73.1 Å². The van der Waals surface area contributed by atoms with Crippen molar-refractivity contribution in [1.29, 1.82) is 5.26 Å². The Morgan fingerprint density at radius 2 is 2.03 bits per heavy atom. The quantitative estimate of drug-likeness (QED) is 0.657. The van der Waals surface area contributed by atoms with Crippen molar-refractivity contribution in [3.05, 3.63) is 83.2 Å². The second-order valence-corrected chi connectivity index (χ2v) is 8.46. The van der Waals surface area contributed by atoms with Crippen molar-refractivity contribution < 1.29 is 0 Å². The summed E-state index contributed by atoms with van der Waals surface area (Å²) in [5.41, 5.74) is 11.4. The lowest BCUT2D eigenvalue weighted by Crippen LogP contribution is -2.43. The third kappa shape index (κ3) is 4.68. The Hall–Kier alpha value is -2.77. The van der Waals surface area contributed by atoms with Gasteiger partial charge in [-0.25, -0.2) is 0 Å². The molecule has 2 aliphatic rings. The van der Waals surface area contributed by atoms with E-state index < -0.39 is 0 Å². The molecular weight excluding hydrogens is 368 g/mol. The molecule has 1 saturated heterocycles. The van der Waals surface area contributed by atoms with Crippen LogP contribution in [0.25, 0.3) is 0 Å². The minimum absolute atomic E-state index is 0.280. The summed E-state index contributed by atoms with van der Waals surface area (Å²) < 4.78 is 0. The van der Waals surface area contributed by atoms with E-state index in [0.717, 1.165) is 56.8 Å². The van der Waals surface area contributed by atoms with Crippen LogP contribution in [-0.2, 0) is 0 Å². The molecule has 1 fully saturated rings. The molecule has 158 valence electrons. The van der Waals surface area contributed by atoms with Crippen molar-refractivity contribution in [1.82, 2.24) is 10.2 Å². The van der Waals surface area contributed by atoms with Crippen molar-refractivity contribution in [3.8, 4) is 6.07 Å². The summed E-state index contributed by atoms with van der Waals surface area (Å²) in [4.78, 5) is 2.45. The minimum atomic E-state index is -0.292. The van der Waals surface area contributed by atoms with E-state index in [1.54, 1.807) is 6.08 Å². The second-order valence-electron chi connectivity index (χ2n) is 8.46. The van der Waals surface area contributed by atoms with Gasteiger partial charge in [-0.2, -0.15) is 5.26 Å². The standard InChI is InChI=1S/C26H34N4/c1-4-7-24(28)25-22(8-6-15-29-25)18-30-16-13-26(19-27,14-17-30)23(5-2)21-11-9-20(3)10-12-21/h4,6-12,23,29H,1,5,13-18,28H2,2-3H3/b24-7-. The molecule has 3 rings (SSSR count). The Morgan fingerprint density at radius 1 is 1.33 bits per heavy atom. The summed E-state index contributed by atoms with van der Waals surface area (Å²) >= 11 is 0. The van der Waals surface area contributed by atoms with Gasteiger partial charge in [0, 0.05) is 32.1 Å². The molecule has 4 nitrogen and oxygen atoms in total. The number of nitrogens with one attached hydrogen (secondary N) is 1. The maximum atomic E-state index is 10.2. The normalized spacial score (nSPS) is 20.4. The van der Waals surface area contributed by atoms with Crippen LogP contribution in [0.5, 0.6) is 0 Å². The molecule has 2 heterocycles. The average Bonchev–Trinajstić information content (AvgIpc) is 2.77. The van der Waals surface area contributed by atoms with Gasteiger partial charge in [0.2, 0.25) is 0 Å². The summed E-state index contributed by atoms with van der Waals surface area (Å²) in [7, 11) is 0. The van der Waals surface area contributed by atoms with Crippen LogP contribution in [-0.4, -0.2) is 31.1 Å². The van der Waals surface area contributed by atoms with E-state index in [4.69, 9.17) is 5.73 Å². The number of benzene rings is 1. The molecule has 1 aromatic rings. The first-order chi connectivity index (χ1) is 14.5. The largest absolute Gasteiger partial charge is 0.397 e.